The standard InChI is InChI=1S/C46H76NO9P/c1-6-8-10-11-12-13-14-15-16-17-18-23-26-29-33-37-46(49)55-42(41-54-57(50,51)53-39-38-47(3,4)5)40-52-45(48)36-32-28-25-22-20-19-21-24-27-31-35-44-43(56-44)34-30-9-7-2/h8,10,12-13,15-16,18-19,21-23,25,27,31,42-44H,6-7,9,11,14,17,20,24,26,28-30,32-41H2,1-5H3/p+1/b10-8-,13-12-,16-15-,21-19-,23-18-,25-22-,31-27-/t42-,43?,44?/m1/s1. The van der Waals surface area contributed by atoms with E-state index >= 15 is 0 Å². The van der Waals surface area contributed by atoms with Gasteiger partial charge < -0.3 is 23.6 Å². The van der Waals surface area contributed by atoms with Gasteiger partial charge in [-0.3, -0.25) is 18.6 Å². The summed E-state index contributed by atoms with van der Waals surface area (Å²) in [5.74, 6) is -0.929. The molecule has 0 aromatic carbocycles. The van der Waals surface area contributed by atoms with E-state index in [4.69, 9.17) is 23.3 Å². The average Bonchev–Trinajstić information content (AvgIpc) is 3.91. The molecule has 0 aliphatic carbocycles. The van der Waals surface area contributed by atoms with E-state index in [2.05, 4.69) is 92.8 Å². The Labute approximate surface area is 346 Å². The smallest absolute Gasteiger partial charge is 0.462 e. The van der Waals surface area contributed by atoms with Crippen molar-refractivity contribution in [3.63, 3.8) is 0 Å². The van der Waals surface area contributed by atoms with E-state index < -0.39 is 32.5 Å². The highest BCUT2D eigenvalue weighted by molar-refractivity contribution is 7.47. The van der Waals surface area contributed by atoms with Gasteiger partial charge in [0.2, 0.25) is 0 Å². The van der Waals surface area contributed by atoms with Crippen molar-refractivity contribution >= 4 is 19.8 Å². The van der Waals surface area contributed by atoms with E-state index in [0.717, 1.165) is 64.2 Å². The number of ether oxygens (including phenoxy) is 3. The van der Waals surface area contributed by atoms with Gasteiger partial charge in [0.05, 0.1) is 40.0 Å². The summed E-state index contributed by atoms with van der Waals surface area (Å²) < 4.78 is 39.9. The van der Waals surface area contributed by atoms with Gasteiger partial charge >= 0.3 is 19.8 Å². The summed E-state index contributed by atoms with van der Waals surface area (Å²) in [6.45, 7) is 4.12. The number of nitrogens with zero attached hydrogens (tertiary/aromatic N) is 1. The first-order chi connectivity index (χ1) is 27.5. The van der Waals surface area contributed by atoms with Crippen LogP contribution in [0.5, 0.6) is 0 Å². The number of hydrogen-bond acceptors (Lipinski definition) is 8. The highest BCUT2D eigenvalue weighted by Gasteiger charge is 2.36. The molecule has 1 saturated heterocycles. The number of hydrogen-bond donors (Lipinski definition) is 1. The maximum absolute atomic E-state index is 12.7. The third-order valence-corrected chi connectivity index (χ3v) is 9.82. The number of carbonyl (C=O) groups excluding carboxylic acids is 2. The SMILES string of the molecule is CC/C=C\C/C=C\C/C=C\C/C=C\CCCCC(=O)O[C@H](COC(=O)CCC/C=C\C/C=C\C/C=C\CC1OC1CCCCC)COP(=O)(O)OCC[N+](C)(C)C. The van der Waals surface area contributed by atoms with Crippen LogP contribution in [0.1, 0.15) is 129 Å². The quantitative estimate of drug-likeness (QED) is 0.0164. The number of carbonyl (C=O) groups is 2. The largest absolute Gasteiger partial charge is 0.472 e. The van der Waals surface area contributed by atoms with Gasteiger partial charge in [-0.15, -0.1) is 0 Å². The fourth-order valence-corrected chi connectivity index (χ4v) is 6.12. The Morgan fingerprint density at radius 1 is 0.667 bits per heavy atom. The number of epoxide rings is 1. The highest BCUT2D eigenvalue weighted by Crippen LogP contribution is 2.43. The number of rotatable bonds is 36. The molecule has 4 atom stereocenters. The number of esters is 2. The zero-order chi connectivity index (χ0) is 41.9. The van der Waals surface area contributed by atoms with Gasteiger partial charge in [0.1, 0.15) is 19.8 Å². The number of phosphoric ester groups is 1. The molecule has 0 aromatic heterocycles. The fourth-order valence-electron chi connectivity index (χ4n) is 5.38. The molecule has 10 nitrogen and oxygen atoms in total. The minimum atomic E-state index is -4.41. The molecule has 0 spiro atoms. The lowest BCUT2D eigenvalue weighted by Crippen LogP contribution is -2.37. The number of allylic oxidation sites excluding steroid dienone is 13. The van der Waals surface area contributed by atoms with Crippen LogP contribution in [0.4, 0.5) is 0 Å². The lowest BCUT2D eigenvalue weighted by Gasteiger charge is -2.24. The van der Waals surface area contributed by atoms with Crippen molar-refractivity contribution in [3.8, 4) is 0 Å². The highest BCUT2D eigenvalue weighted by atomic mass is 31.2. The van der Waals surface area contributed by atoms with Gasteiger partial charge in [-0.05, 0) is 83.5 Å². The molecule has 1 fully saturated rings. The second-order valence-electron chi connectivity index (χ2n) is 15.4. The third kappa shape index (κ3) is 34.9. The molecule has 57 heavy (non-hydrogen) atoms. The van der Waals surface area contributed by atoms with E-state index in [1.807, 2.05) is 27.2 Å². The molecule has 0 radical (unpaired) electrons. The summed E-state index contributed by atoms with van der Waals surface area (Å²) in [5.41, 5.74) is 0. The van der Waals surface area contributed by atoms with Gasteiger partial charge in [0, 0.05) is 12.8 Å². The van der Waals surface area contributed by atoms with Gasteiger partial charge in [-0.2, -0.15) is 0 Å². The topological polar surface area (TPSA) is 121 Å². The van der Waals surface area contributed by atoms with Gasteiger partial charge in [-0.25, -0.2) is 4.57 Å². The van der Waals surface area contributed by atoms with Crippen molar-refractivity contribution in [2.45, 2.75) is 148 Å². The molecule has 0 bridgehead atoms. The van der Waals surface area contributed by atoms with E-state index in [0.29, 0.717) is 36.1 Å². The first-order valence-electron chi connectivity index (χ1n) is 21.4. The minimum absolute atomic E-state index is 0.00822. The van der Waals surface area contributed by atoms with Crippen molar-refractivity contribution in [1.29, 1.82) is 0 Å². The van der Waals surface area contributed by atoms with E-state index in [9.17, 15) is 19.0 Å². The van der Waals surface area contributed by atoms with Crippen LogP contribution in [-0.2, 0) is 37.4 Å². The van der Waals surface area contributed by atoms with Crippen molar-refractivity contribution in [3.05, 3.63) is 85.1 Å². The Morgan fingerprint density at radius 2 is 1.23 bits per heavy atom. The zero-order valence-corrected chi connectivity index (χ0v) is 36.9. The second kappa shape index (κ2) is 34.1. The minimum Gasteiger partial charge on any atom is -0.462 e. The Bertz CT molecular complexity index is 1310. The fraction of sp³-hybridized carbons (Fsp3) is 0.652. The molecule has 1 heterocycles. The summed E-state index contributed by atoms with van der Waals surface area (Å²) in [6, 6.07) is 0. The predicted octanol–water partition coefficient (Wildman–Crippen LogP) is 11.0. The number of unbranched alkanes of at least 4 members (excludes halogenated alkanes) is 5. The summed E-state index contributed by atoms with van der Waals surface area (Å²) in [7, 11) is 1.40. The number of quaternary nitrogens is 1. The van der Waals surface area contributed by atoms with Crippen molar-refractivity contribution in [2.24, 2.45) is 0 Å². The molecule has 0 saturated carbocycles. The monoisotopic (exact) mass is 819 g/mol. The summed E-state index contributed by atoms with van der Waals surface area (Å²) in [4.78, 5) is 35.3. The van der Waals surface area contributed by atoms with Crippen LogP contribution in [0.3, 0.4) is 0 Å². The van der Waals surface area contributed by atoms with Crippen molar-refractivity contribution < 1.29 is 46.8 Å². The van der Waals surface area contributed by atoms with Crippen LogP contribution < -0.4 is 0 Å². The third-order valence-electron chi connectivity index (χ3n) is 8.83. The number of likely N-dealkylation sites (N-methyl/N-ethyl adjacent to an activating group) is 1. The maximum Gasteiger partial charge on any atom is 0.472 e. The molecule has 1 aliphatic rings. The van der Waals surface area contributed by atoms with Crippen LogP contribution in [0, 0.1) is 0 Å². The van der Waals surface area contributed by atoms with Crippen LogP contribution >= 0.6 is 7.82 Å². The summed E-state index contributed by atoms with van der Waals surface area (Å²) >= 11 is 0. The van der Waals surface area contributed by atoms with Crippen molar-refractivity contribution in [1.82, 2.24) is 0 Å². The normalized spacial score (nSPS) is 18.0. The van der Waals surface area contributed by atoms with E-state index in [1.54, 1.807) is 0 Å². The van der Waals surface area contributed by atoms with Gasteiger partial charge in [0.15, 0.2) is 6.10 Å². The van der Waals surface area contributed by atoms with Crippen molar-refractivity contribution in [2.75, 3.05) is 47.5 Å². The molecule has 0 aromatic rings. The average molecular weight is 819 g/mol. The molecule has 324 valence electrons. The maximum atomic E-state index is 12.7. The first-order valence-corrected chi connectivity index (χ1v) is 22.9. The van der Waals surface area contributed by atoms with Crippen LogP contribution in [0.25, 0.3) is 0 Å². The summed E-state index contributed by atoms with van der Waals surface area (Å²) in [5, 5.41) is 0. The van der Waals surface area contributed by atoms with Gasteiger partial charge in [0.25, 0.3) is 0 Å². The van der Waals surface area contributed by atoms with Crippen LogP contribution in [0.15, 0.2) is 85.1 Å². The number of phosphoric acid groups is 1. The molecule has 1 N–H and O–H groups in total. The summed E-state index contributed by atoms with van der Waals surface area (Å²) in [6.07, 6.45) is 45.4. The molecular formula is C46H77NO9P+. The Hall–Kier alpha value is -2.85. The van der Waals surface area contributed by atoms with E-state index in [-0.39, 0.29) is 26.1 Å². The Kier molecular flexibility index (Phi) is 31.2. The van der Waals surface area contributed by atoms with E-state index in [1.165, 1.54) is 25.7 Å². The lowest BCUT2D eigenvalue weighted by molar-refractivity contribution is -0.870. The van der Waals surface area contributed by atoms with Crippen LogP contribution in [-0.4, -0.2) is 87.1 Å². The molecule has 1 rings (SSSR count). The molecule has 3 unspecified atom stereocenters. The molecular weight excluding hydrogens is 741 g/mol. The molecule has 0 amide bonds. The Balaban J connectivity index is 2.37. The Morgan fingerprint density at radius 3 is 1.82 bits per heavy atom. The molecule has 11 heteroatoms. The zero-order valence-electron chi connectivity index (χ0n) is 36.0. The van der Waals surface area contributed by atoms with Crippen LogP contribution in [0.2, 0.25) is 0 Å². The second-order valence-corrected chi connectivity index (χ2v) is 16.8. The first kappa shape index (κ1) is 52.2. The molecule has 1 aliphatic heterocycles. The lowest BCUT2D eigenvalue weighted by atomic mass is 10.1. The van der Waals surface area contributed by atoms with Gasteiger partial charge in [-0.1, -0.05) is 118 Å². The predicted molar refractivity (Wildman–Crippen MR) is 233 cm³/mol.